The average molecular weight is 788 g/mol. The van der Waals surface area contributed by atoms with Gasteiger partial charge in [0.15, 0.2) is 5.82 Å². The fraction of sp³-hybridized carbons (Fsp3) is 0.333. The Labute approximate surface area is 328 Å². The van der Waals surface area contributed by atoms with E-state index in [0.29, 0.717) is 30.9 Å². The number of hydrogen-bond donors (Lipinski definition) is 3. The first-order valence-corrected chi connectivity index (χ1v) is 17.8. The molecule has 0 fully saturated rings. The van der Waals surface area contributed by atoms with Gasteiger partial charge in [-0.15, -0.1) is 0 Å². The van der Waals surface area contributed by atoms with Crippen LogP contribution < -0.4 is 21.9 Å². The number of aliphatic imine (C=N–C) groups is 1. The lowest BCUT2D eigenvalue weighted by Gasteiger charge is -2.16. The summed E-state index contributed by atoms with van der Waals surface area (Å²) in [5, 5.41) is 17.6. The van der Waals surface area contributed by atoms with E-state index in [1.807, 2.05) is 30.3 Å². The Hall–Kier alpha value is -6.50. The number of anilines is 1. The quantitative estimate of drug-likeness (QED) is 0.0272. The number of esters is 1. The molecular weight excluding hydrogens is 742 g/mol. The molecule has 1 aromatic heterocycles. The van der Waals surface area contributed by atoms with Crippen LogP contribution in [-0.4, -0.2) is 91.1 Å². The maximum absolute atomic E-state index is 13.7. The van der Waals surface area contributed by atoms with E-state index in [9.17, 15) is 29.3 Å². The second-order valence-corrected chi connectivity index (χ2v) is 12.6. The molecule has 18 nitrogen and oxygen atoms in total. The van der Waals surface area contributed by atoms with Gasteiger partial charge in [-0.25, -0.2) is 14.6 Å². The van der Waals surface area contributed by atoms with Crippen LogP contribution in [0.15, 0.2) is 88.8 Å². The number of ether oxygens (including phenoxy) is 5. The average Bonchev–Trinajstić information content (AvgIpc) is 3.20. The first-order valence-electron chi connectivity index (χ1n) is 17.8. The summed E-state index contributed by atoms with van der Waals surface area (Å²) in [6.07, 6.45) is 0.446. The predicted octanol–water partition coefficient (Wildman–Crippen LogP) is 3.83. The second-order valence-electron chi connectivity index (χ2n) is 12.6. The third-order valence-electron chi connectivity index (χ3n) is 7.86. The first kappa shape index (κ1) is 43.2. The van der Waals surface area contributed by atoms with Crippen molar-refractivity contribution in [2.45, 2.75) is 39.6 Å². The molecule has 18 heteroatoms. The Balaban J connectivity index is 1.45. The molecule has 2 amide bonds. The Kier molecular flexibility index (Phi) is 16.8. The van der Waals surface area contributed by atoms with Crippen molar-refractivity contribution in [3.05, 3.63) is 122 Å². The van der Waals surface area contributed by atoms with E-state index in [4.69, 9.17) is 29.4 Å². The summed E-state index contributed by atoms with van der Waals surface area (Å²) in [6.45, 7) is 4.56. The maximum atomic E-state index is 13.7. The number of aromatic nitrogens is 2. The van der Waals surface area contributed by atoms with E-state index in [1.54, 1.807) is 45.2 Å². The molecule has 0 atom stereocenters. The number of nitrogens with zero attached hydrogens (tertiary/aromatic N) is 4. The number of nitro benzene ring substituents is 1. The molecule has 0 aliphatic heterocycles. The topological polar surface area (TPSA) is 238 Å². The highest BCUT2D eigenvalue weighted by atomic mass is 16.6. The number of amidine groups is 1. The predicted molar refractivity (Wildman–Crippen MR) is 209 cm³/mol. The molecule has 0 unspecified atom stereocenters. The molecule has 4 aromatic rings. The van der Waals surface area contributed by atoms with Crippen LogP contribution in [0.1, 0.15) is 40.9 Å². The van der Waals surface area contributed by atoms with E-state index in [2.05, 4.69) is 20.6 Å². The molecular formula is C39H45N7O11. The van der Waals surface area contributed by atoms with Crippen molar-refractivity contribution in [3.63, 3.8) is 0 Å². The molecule has 4 N–H and O–H groups in total. The van der Waals surface area contributed by atoms with Crippen molar-refractivity contribution in [2.24, 2.45) is 10.7 Å². The lowest BCUT2D eigenvalue weighted by atomic mass is 10.1. The van der Waals surface area contributed by atoms with Gasteiger partial charge >= 0.3 is 12.1 Å². The number of benzene rings is 3. The highest BCUT2D eigenvalue weighted by Crippen LogP contribution is 2.26. The lowest BCUT2D eigenvalue weighted by Crippen LogP contribution is -2.35. The summed E-state index contributed by atoms with van der Waals surface area (Å²) in [7, 11) is 1.56. The van der Waals surface area contributed by atoms with Crippen LogP contribution in [0.25, 0.3) is 11.3 Å². The summed E-state index contributed by atoms with van der Waals surface area (Å²) in [5.41, 5.74) is 6.77. The maximum Gasteiger partial charge on any atom is 0.435 e. The Morgan fingerprint density at radius 2 is 1.58 bits per heavy atom. The van der Waals surface area contributed by atoms with Gasteiger partial charge in [0.25, 0.3) is 11.2 Å². The zero-order valence-electron chi connectivity index (χ0n) is 31.8. The van der Waals surface area contributed by atoms with Gasteiger partial charge in [-0.05, 0) is 31.0 Å². The third-order valence-corrected chi connectivity index (χ3v) is 7.86. The van der Waals surface area contributed by atoms with Crippen LogP contribution in [0, 0.1) is 10.1 Å². The normalized spacial score (nSPS) is 11.3. The zero-order chi connectivity index (χ0) is 41.2. The van der Waals surface area contributed by atoms with E-state index < -0.39 is 40.7 Å². The summed E-state index contributed by atoms with van der Waals surface area (Å²) in [6, 6.07) is 19.1. The van der Waals surface area contributed by atoms with E-state index in [0.717, 1.165) is 16.2 Å². The number of nitrogens with two attached hydrogens (primary N) is 1. The number of amides is 2. The van der Waals surface area contributed by atoms with Crippen molar-refractivity contribution in [1.82, 2.24) is 14.9 Å². The van der Waals surface area contributed by atoms with Crippen LogP contribution in [0.2, 0.25) is 0 Å². The van der Waals surface area contributed by atoms with Crippen LogP contribution in [-0.2, 0) is 48.2 Å². The molecule has 3 aromatic carbocycles. The number of nitrogens with one attached hydrogen (secondary N) is 2. The number of non-ortho nitro benzene ring substituents is 1. The highest BCUT2D eigenvalue weighted by molar-refractivity contribution is 6.02. The summed E-state index contributed by atoms with van der Waals surface area (Å²) < 4.78 is 27.1. The van der Waals surface area contributed by atoms with Gasteiger partial charge in [-0.1, -0.05) is 54.6 Å². The van der Waals surface area contributed by atoms with Crippen molar-refractivity contribution in [2.75, 3.05) is 52.1 Å². The SMILES string of the molecule is COCCOCCOCCOC(=O)c1cc(-c2cnc(NC(C)C)c(=O)n2CC(=O)NCc2ccc(/C(N)=N\C(=O)OCc3ccccc3)cc2)cc([N+](=O)[O-])c1. The number of carbonyl (C=O) groups is 3. The van der Waals surface area contributed by atoms with Gasteiger partial charge in [0.2, 0.25) is 5.91 Å². The van der Waals surface area contributed by atoms with Gasteiger partial charge < -0.3 is 40.1 Å². The van der Waals surface area contributed by atoms with Crippen LogP contribution >= 0.6 is 0 Å². The van der Waals surface area contributed by atoms with Gasteiger partial charge in [0, 0.05) is 43.0 Å². The zero-order valence-corrected chi connectivity index (χ0v) is 31.8. The first-order chi connectivity index (χ1) is 27.4. The van der Waals surface area contributed by atoms with Crippen molar-refractivity contribution >= 4 is 35.3 Å². The lowest BCUT2D eigenvalue weighted by molar-refractivity contribution is -0.384. The third kappa shape index (κ3) is 13.9. The number of hydrogen-bond acceptors (Lipinski definition) is 13. The molecule has 57 heavy (non-hydrogen) atoms. The minimum absolute atomic E-state index is 0.0421. The van der Waals surface area contributed by atoms with E-state index in [1.165, 1.54) is 18.3 Å². The number of nitro groups is 1. The van der Waals surface area contributed by atoms with Gasteiger partial charge in [0.05, 0.1) is 55.4 Å². The molecule has 1 heterocycles. The Bertz CT molecular complexity index is 2070. The molecule has 0 saturated heterocycles. The minimum atomic E-state index is -0.861. The second kappa shape index (κ2) is 22.2. The van der Waals surface area contributed by atoms with E-state index >= 15 is 0 Å². The molecule has 0 saturated carbocycles. The molecule has 4 rings (SSSR count). The van der Waals surface area contributed by atoms with Gasteiger partial charge in [-0.3, -0.25) is 24.3 Å². The summed E-state index contributed by atoms with van der Waals surface area (Å²) in [5.74, 6) is -1.53. The van der Waals surface area contributed by atoms with E-state index in [-0.39, 0.29) is 67.5 Å². The molecule has 0 radical (unpaired) electrons. The highest BCUT2D eigenvalue weighted by Gasteiger charge is 2.21. The number of carbonyl (C=O) groups excluding carboxylic acids is 3. The smallest absolute Gasteiger partial charge is 0.435 e. The van der Waals surface area contributed by atoms with Crippen LogP contribution in [0.3, 0.4) is 0 Å². The molecule has 0 bridgehead atoms. The van der Waals surface area contributed by atoms with Gasteiger partial charge in [-0.2, -0.15) is 4.99 Å². The molecule has 0 spiro atoms. The van der Waals surface area contributed by atoms with Crippen molar-refractivity contribution < 1.29 is 43.0 Å². The number of methoxy groups -OCH3 is 1. The molecule has 302 valence electrons. The molecule has 0 aliphatic rings. The number of rotatable bonds is 21. The Morgan fingerprint density at radius 1 is 0.895 bits per heavy atom. The largest absolute Gasteiger partial charge is 0.460 e. The van der Waals surface area contributed by atoms with Crippen LogP contribution in [0.4, 0.5) is 16.3 Å². The van der Waals surface area contributed by atoms with Crippen LogP contribution in [0.5, 0.6) is 0 Å². The minimum Gasteiger partial charge on any atom is -0.460 e. The monoisotopic (exact) mass is 787 g/mol. The standard InChI is InChI=1S/C39H45N7O11/c1-26(2)43-36-37(48)45(24-34(47)41-22-27-9-11-29(12-10-27)35(40)44-39(50)57-25-28-7-5-4-6-8-28)33(23-42-36)30-19-31(21-32(20-30)46(51)52)38(49)56-18-17-55-16-15-54-14-13-53-3/h4-12,19-21,23,26H,13-18,22,24-25H2,1-3H3,(H,41,47)(H,42,43)(H2,40,44,50). The van der Waals surface area contributed by atoms with Crippen molar-refractivity contribution in [3.8, 4) is 11.3 Å². The fourth-order valence-electron chi connectivity index (χ4n) is 5.08. The Morgan fingerprint density at radius 3 is 2.25 bits per heavy atom. The fourth-order valence-corrected chi connectivity index (χ4v) is 5.08. The molecule has 0 aliphatic carbocycles. The summed E-state index contributed by atoms with van der Waals surface area (Å²) in [4.78, 5) is 71.4. The summed E-state index contributed by atoms with van der Waals surface area (Å²) >= 11 is 0. The van der Waals surface area contributed by atoms with Gasteiger partial charge in [0.1, 0.15) is 25.6 Å². The van der Waals surface area contributed by atoms with Crippen molar-refractivity contribution in [1.29, 1.82) is 0 Å².